The Morgan fingerprint density at radius 1 is 1.12 bits per heavy atom. The van der Waals surface area contributed by atoms with Crippen LogP contribution in [0, 0.1) is 11.8 Å². The Morgan fingerprint density at radius 2 is 1.75 bits per heavy atom. The van der Waals surface area contributed by atoms with E-state index in [9.17, 15) is 39.9 Å². The SMILES string of the molecule is CC1c2cccc(O)c2C(O)=C2C(=O)C3(O)C(=O)C(=C(N)O)C(=O)C(N(C)C)C3C(O)C21. The van der Waals surface area contributed by atoms with Crippen LogP contribution in [0.25, 0.3) is 5.76 Å². The number of Topliss-reactive ketones (excluding diaryl/α,β-unsaturated/α-hetero) is 3. The van der Waals surface area contributed by atoms with Crippen LogP contribution in [-0.4, -0.2) is 79.6 Å². The van der Waals surface area contributed by atoms with Gasteiger partial charge in [0, 0.05) is 11.5 Å². The second-order valence-electron chi connectivity index (χ2n) is 8.79. The van der Waals surface area contributed by atoms with E-state index in [0.29, 0.717) is 5.56 Å². The molecule has 1 aromatic rings. The molecule has 2 fully saturated rings. The van der Waals surface area contributed by atoms with Gasteiger partial charge in [-0.25, -0.2) is 0 Å². The number of fused-ring (bicyclic) bond motifs is 3. The van der Waals surface area contributed by atoms with Crippen molar-refractivity contribution in [1.82, 2.24) is 4.90 Å². The van der Waals surface area contributed by atoms with E-state index in [1.54, 1.807) is 19.1 Å². The normalized spacial score (nSPS) is 36.1. The van der Waals surface area contributed by atoms with Gasteiger partial charge in [0.1, 0.15) is 17.1 Å². The Balaban J connectivity index is 2.04. The number of phenols is 1. The number of nitrogens with zero attached hydrogens (tertiary/aromatic N) is 1. The molecule has 4 rings (SSSR count). The highest BCUT2D eigenvalue weighted by Crippen LogP contribution is 2.55. The van der Waals surface area contributed by atoms with Crippen molar-refractivity contribution in [3.8, 4) is 5.75 Å². The van der Waals surface area contributed by atoms with E-state index in [0.717, 1.165) is 0 Å². The van der Waals surface area contributed by atoms with Gasteiger partial charge in [0.05, 0.1) is 23.6 Å². The Morgan fingerprint density at radius 3 is 2.31 bits per heavy atom. The fraction of sp³-hybridized carbons (Fsp3) is 0.409. The summed E-state index contributed by atoms with van der Waals surface area (Å²) in [6.45, 7) is 1.67. The molecule has 10 nitrogen and oxygen atoms in total. The van der Waals surface area contributed by atoms with Crippen molar-refractivity contribution in [2.45, 2.75) is 30.6 Å². The third-order valence-corrected chi connectivity index (χ3v) is 6.98. The van der Waals surface area contributed by atoms with Gasteiger partial charge in [0.15, 0.2) is 17.3 Å². The van der Waals surface area contributed by atoms with Gasteiger partial charge >= 0.3 is 0 Å². The van der Waals surface area contributed by atoms with Crippen molar-refractivity contribution in [3.63, 3.8) is 0 Å². The third-order valence-electron chi connectivity index (χ3n) is 6.98. The molecular formula is C22H24N2O8. The molecule has 0 aromatic heterocycles. The minimum absolute atomic E-state index is 0.0326. The van der Waals surface area contributed by atoms with Gasteiger partial charge in [-0.15, -0.1) is 0 Å². The fourth-order valence-corrected chi connectivity index (χ4v) is 5.56. The average Bonchev–Trinajstić information content (AvgIpc) is 2.70. The number of nitrogens with two attached hydrogens (primary N) is 1. The summed E-state index contributed by atoms with van der Waals surface area (Å²) in [6, 6.07) is 3.12. The fourth-order valence-electron chi connectivity index (χ4n) is 5.56. The van der Waals surface area contributed by atoms with Crippen LogP contribution in [-0.2, 0) is 14.4 Å². The molecule has 7 N–H and O–H groups in total. The summed E-state index contributed by atoms with van der Waals surface area (Å²) in [5.41, 5.74) is 1.44. The Kier molecular flexibility index (Phi) is 4.74. The van der Waals surface area contributed by atoms with Crippen molar-refractivity contribution in [1.29, 1.82) is 0 Å². The van der Waals surface area contributed by atoms with Crippen molar-refractivity contribution >= 4 is 23.1 Å². The number of aromatic hydroxyl groups is 1. The van der Waals surface area contributed by atoms with E-state index < -0.39 is 75.6 Å². The lowest BCUT2D eigenvalue weighted by Crippen LogP contribution is -2.73. The van der Waals surface area contributed by atoms with Crippen LogP contribution in [0.3, 0.4) is 0 Å². The minimum Gasteiger partial charge on any atom is -0.507 e. The molecule has 0 bridgehead atoms. The number of carbonyl (C=O) groups excluding carboxylic acids is 3. The predicted molar refractivity (Wildman–Crippen MR) is 110 cm³/mol. The molecule has 0 spiro atoms. The maximum Gasteiger partial charge on any atom is 0.211 e. The number of likely N-dealkylation sites (N-methyl/N-ethyl adjacent to an activating group) is 1. The van der Waals surface area contributed by atoms with Crippen molar-refractivity contribution in [2.24, 2.45) is 17.6 Å². The molecule has 0 amide bonds. The molecule has 0 heterocycles. The van der Waals surface area contributed by atoms with Gasteiger partial charge in [-0.2, -0.15) is 0 Å². The van der Waals surface area contributed by atoms with Crippen LogP contribution in [0.5, 0.6) is 5.75 Å². The van der Waals surface area contributed by atoms with Gasteiger partial charge in [-0.3, -0.25) is 19.3 Å². The number of rotatable bonds is 1. The van der Waals surface area contributed by atoms with Gasteiger partial charge in [0.2, 0.25) is 11.6 Å². The molecule has 0 saturated heterocycles. The number of aliphatic hydroxyl groups excluding tert-OH is 3. The molecule has 6 unspecified atom stereocenters. The summed E-state index contributed by atoms with van der Waals surface area (Å²) >= 11 is 0. The third kappa shape index (κ3) is 2.48. The number of aliphatic hydroxyl groups is 4. The van der Waals surface area contributed by atoms with E-state index in [1.807, 2.05) is 0 Å². The topological polar surface area (TPSA) is 182 Å². The van der Waals surface area contributed by atoms with Crippen LogP contribution < -0.4 is 5.73 Å². The van der Waals surface area contributed by atoms with Crippen LogP contribution in [0.2, 0.25) is 0 Å². The Bertz CT molecular complexity index is 1130. The van der Waals surface area contributed by atoms with Crippen molar-refractivity contribution < 1.29 is 39.9 Å². The molecule has 6 atom stereocenters. The van der Waals surface area contributed by atoms with E-state index in [2.05, 4.69) is 0 Å². The summed E-state index contributed by atoms with van der Waals surface area (Å²) in [5, 5.41) is 53.9. The molecule has 3 aliphatic carbocycles. The maximum absolute atomic E-state index is 13.6. The van der Waals surface area contributed by atoms with E-state index in [1.165, 1.54) is 25.1 Å². The summed E-state index contributed by atoms with van der Waals surface area (Å²) in [6.07, 6.45) is -1.61. The molecular weight excluding hydrogens is 420 g/mol. The smallest absolute Gasteiger partial charge is 0.211 e. The summed E-state index contributed by atoms with van der Waals surface area (Å²) in [4.78, 5) is 41.1. The highest BCUT2D eigenvalue weighted by Gasteiger charge is 2.70. The van der Waals surface area contributed by atoms with Gasteiger partial charge < -0.3 is 31.3 Å². The largest absolute Gasteiger partial charge is 0.507 e. The lowest BCUT2D eigenvalue weighted by molar-refractivity contribution is -0.178. The van der Waals surface area contributed by atoms with Gasteiger partial charge in [-0.05, 0) is 31.6 Å². The maximum atomic E-state index is 13.6. The zero-order chi connectivity index (χ0) is 23.9. The highest BCUT2D eigenvalue weighted by atomic mass is 16.3. The first-order valence-electron chi connectivity index (χ1n) is 10.0. The second-order valence-corrected chi connectivity index (χ2v) is 8.79. The number of carbonyl (C=O) groups is 3. The first-order chi connectivity index (χ1) is 14.9. The van der Waals surface area contributed by atoms with Crippen molar-refractivity contribution in [3.05, 3.63) is 46.4 Å². The molecule has 170 valence electrons. The number of ketones is 3. The van der Waals surface area contributed by atoms with E-state index in [4.69, 9.17) is 5.73 Å². The molecule has 10 heteroatoms. The average molecular weight is 444 g/mol. The van der Waals surface area contributed by atoms with E-state index in [-0.39, 0.29) is 11.3 Å². The zero-order valence-corrected chi connectivity index (χ0v) is 17.6. The van der Waals surface area contributed by atoms with E-state index >= 15 is 0 Å². The van der Waals surface area contributed by atoms with Crippen molar-refractivity contribution in [2.75, 3.05) is 14.1 Å². The summed E-state index contributed by atoms with van der Waals surface area (Å²) in [5.74, 6) is -8.97. The minimum atomic E-state index is -2.97. The van der Waals surface area contributed by atoms with Crippen LogP contribution in [0.4, 0.5) is 0 Å². The van der Waals surface area contributed by atoms with Crippen LogP contribution in [0.15, 0.2) is 35.2 Å². The Hall–Kier alpha value is -3.21. The second kappa shape index (κ2) is 6.89. The zero-order valence-electron chi connectivity index (χ0n) is 17.6. The van der Waals surface area contributed by atoms with Gasteiger partial charge in [-0.1, -0.05) is 19.1 Å². The van der Waals surface area contributed by atoms with Crippen LogP contribution >= 0.6 is 0 Å². The molecule has 0 aliphatic heterocycles. The quantitative estimate of drug-likeness (QED) is 0.143. The first kappa shape index (κ1) is 22.0. The molecule has 0 radical (unpaired) electrons. The molecule has 1 aromatic carbocycles. The summed E-state index contributed by atoms with van der Waals surface area (Å²) in [7, 11) is 2.92. The van der Waals surface area contributed by atoms with Crippen LogP contribution in [0.1, 0.15) is 24.0 Å². The monoisotopic (exact) mass is 444 g/mol. The molecule has 3 aliphatic rings. The number of phenolic OH excluding ortho intramolecular Hbond substituents is 1. The lowest BCUT2D eigenvalue weighted by Gasteiger charge is -2.53. The van der Waals surface area contributed by atoms with Gasteiger partial charge in [0.25, 0.3) is 0 Å². The first-order valence-corrected chi connectivity index (χ1v) is 10.0. The highest BCUT2D eigenvalue weighted by molar-refractivity contribution is 6.36. The number of hydrogen-bond donors (Lipinski definition) is 6. The molecule has 32 heavy (non-hydrogen) atoms. The standard InChI is InChI=1S/C22H24N2O8/c1-7-8-5-4-6-9(25)11(8)16(26)12-10(7)17(27)14-15(24(2)3)18(28)13(21(23)31)20(30)22(14,32)19(12)29/h4-7,10,14-15,17,25-27,31-32H,23H2,1-3H3. The molecule has 2 saturated carbocycles. The lowest BCUT2D eigenvalue weighted by atomic mass is 9.53. The predicted octanol–water partition coefficient (Wildman–Crippen LogP) is -0.504. The summed E-state index contributed by atoms with van der Waals surface area (Å²) < 4.78 is 0. The Labute approximate surface area is 182 Å². The number of hydrogen-bond acceptors (Lipinski definition) is 10. The number of benzene rings is 1.